The molecule has 29 heavy (non-hydrogen) atoms. The number of nitrogens with one attached hydrogen (secondary N) is 2. The van der Waals surface area contributed by atoms with E-state index in [2.05, 4.69) is 10.3 Å². The number of nitrogens with zero attached hydrogens (tertiary/aromatic N) is 1. The fourth-order valence-corrected chi connectivity index (χ4v) is 3.77. The van der Waals surface area contributed by atoms with Crippen LogP contribution in [-0.4, -0.2) is 40.9 Å². The Morgan fingerprint density at radius 2 is 1.93 bits per heavy atom. The Morgan fingerprint density at radius 1 is 1.14 bits per heavy atom. The lowest BCUT2D eigenvalue weighted by molar-refractivity contribution is -0.130. The number of benzene rings is 2. The van der Waals surface area contributed by atoms with Gasteiger partial charge in [-0.3, -0.25) is 14.5 Å². The maximum absolute atomic E-state index is 13.1. The summed E-state index contributed by atoms with van der Waals surface area (Å²) in [6.07, 6.45) is 1.60. The smallest absolute Gasteiger partial charge is 0.325 e. The highest BCUT2D eigenvalue weighted by Gasteiger charge is 2.50. The van der Waals surface area contributed by atoms with Crippen LogP contribution in [0.25, 0.3) is 10.9 Å². The number of H-pyrrole nitrogens is 1. The Morgan fingerprint density at radius 3 is 2.79 bits per heavy atom. The van der Waals surface area contributed by atoms with Gasteiger partial charge in [0.05, 0.1) is 6.54 Å². The molecule has 3 aromatic rings. The number of aromatic amines is 1. The molecule has 2 aromatic carbocycles. The van der Waals surface area contributed by atoms with Crippen LogP contribution in [0.1, 0.15) is 22.8 Å². The van der Waals surface area contributed by atoms with E-state index in [4.69, 9.17) is 9.47 Å². The number of aromatic nitrogens is 1. The van der Waals surface area contributed by atoms with Crippen LogP contribution in [-0.2, 0) is 10.3 Å². The molecular formula is C21H17N3O5. The minimum Gasteiger partial charge on any atom is -0.454 e. The third kappa shape index (κ3) is 2.56. The average Bonchev–Trinajstić information content (AvgIpc) is 3.41. The highest BCUT2D eigenvalue weighted by molar-refractivity contribution is 6.14. The van der Waals surface area contributed by atoms with Crippen LogP contribution < -0.4 is 14.8 Å². The van der Waals surface area contributed by atoms with Gasteiger partial charge < -0.3 is 19.8 Å². The van der Waals surface area contributed by atoms with Gasteiger partial charge in [0.2, 0.25) is 6.79 Å². The predicted octanol–water partition coefficient (Wildman–Crippen LogP) is 2.55. The van der Waals surface area contributed by atoms with E-state index in [9.17, 15) is 14.4 Å². The number of para-hydroxylation sites is 1. The fourth-order valence-electron chi connectivity index (χ4n) is 3.77. The molecule has 8 heteroatoms. The van der Waals surface area contributed by atoms with Crippen molar-refractivity contribution in [3.05, 3.63) is 59.8 Å². The second-order valence-corrected chi connectivity index (χ2v) is 7.19. The zero-order valence-corrected chi connectivity index (χ0v) is 15.5. The first-order valence-electron chi connectivity index (χ1n) is 9.11. The quantitative estimate of drug-likeness (QED) is 0.526. The number of ketones is 1. The van der Waals surface area contributed by atoms with E-state index in [1.807, 2.05) is 24.3 Å². The molecule has 2 N–H and O–H groups in total. The van der Waals surface area contributed by atoms with E-state index in [-0.39, 0.29) is 19.1 Å². The minimum absolute atomic E-state index is 0.112. The monoisotopic (exact) mass is 391 g/mol. The summed E-state index contributed by atoms with van der Waals surface area (Å²) in [4.78, 5) is 42.5. The molecule has 8 nitrogen and oxygen atoms in total. The van der Waals surface area contributed by atoms with Crippen LogP contribution in [0, 0.1) is 0 Å². The minimum atomic E-state index is -1.29. The second-order valence-electron chi connectivity index (χ2n) is 7.19. The van der Waals surface area contributed by atoms with Crippen molar-refractivity contribution in [3.63, 3.8) is 0 Å². The molecule has 2 aliphatic rings. The molecule has 0 aliphatic carbocycles. The van der Waals surface area contributed by atoms with Crippen molar-refractivity contribution in [3.8, 4) is 11.5 Å². The van der Waals surface area contributed by atoms with Crippen molar-refractivity contribution in [2.24, 2.45) is 0 Å². The van der Waals surface area contributed by atoms with E-state index < -0.39 is 17.5 Å². The Bertz CT molecular complexity index is 1180. The lowest BCUT2D eigenvalue weighted by Gasteiger charge is -2.22. The molecule has 3 amide bonds. The molecule has 1 aromatic heterocycles. The van der Waals surface area contributed by atoms with E-state index in [0.717, 1.165) is 15.8 Å². The van der Waals surface area contributed by atoms with Gasteiger partial charge in [0, 0.05) is 22.7 Å². The number of amides is 3. The molecule has 146 valence electrons. The Hall–Kier alpha value is -3.81. The Kier molecular flexibility index (Phi) is 3.64. The number of fused-ring (bicyclic) bond motifs is 2. The van der Waals surface area contributed by atoms with Crippen molar-refractivity contribution < 1.29 is 23.9 Å². The first-order valence-corrected chi connectivity index (χ1v) is 9.11. The highest BCUT2D eigenvalue weighted by Crippen LogP contribution is 2.37. The van der Waals surface area contributed by atoms with Gasteiger partial charge in [0.15, 0.2) is 17.3 Å². The van der Waals surface area contributed by atoms with Gasteiger partial charge in [0.1, 0.15) is 5.54 Å². The van der Waals surface area contributed by atoms with Gasteiger partial charge in [-0.1, -0.05) is 24.3 Å². The molecule has 1 saturated heterocycles. The van der Waals surface area contributed by atoms with Crippen LogP contribution in [0.3, 0.4) is 0 Å². The highest BCUT2D eigenvalue weighted by atomic mass is 16.7. The molecular weight excluding hydrogens is 374 g/mol. The van der Waals surface area contributed by atoms with E-state index in [0.29, 0.717) is 22.6 Å². The van der Waals surface area contributed by atoms with Gasteiger partial charge >= 0.3 is 6.03 Å². The number of urea groups is 1. The largest absolute Gasteiger partial charge is 0.454 e. The van der Waals surface area contributed by atoms with Gasteiger partial charge in [-0.15, -0.1) is 0 Å². The number of rotatable bonds is 4. The normalized spacial score (nSPS) is 20.4. The summed E-state index contributed by atoms with van der Waals surface area (Å²) in [5, 5.41) is 3.46. The first-order chi connectivity index (χ1) is 14.0. The summed E-state index contributed by atoms with van der Waals surface area (Å²) >= 11 is 0. The third-order valence-corrected chi connectivity index (χ3v) is 5.42. The summed E-state index contributed by atoms with van der Waals surface area (Å²) in [6.45, 7) is 1.38. The van der Waals surface area contributed by atoms with Crippen molar-refractivity contribution in [2.75, 3.05) is 13.3 Å². The number of carbonyl (C=O) groups excluding carboxylic acids is 3. The molecule has 3 heterocycles. The third-order valence-electron chi connectivity index (χ3n) is 5.42. The van der Waals surface area contributed by atoms with Crippen molar-refractivity contribution in [2.45, 2.75) is 12.5 Å². The van der Waals surface area contributed by atoms with Crippen LogP contribution in [0.4, 0.5) is 4.79 Å². The molecule has 0 saturated carbocycles. The lowest BCUT2D eigenvalue weighted by Crippen LogP contribution is -2.41. The van der Waals surface area contributed by atoms with Gasteiger partial charge in [-0.05, 0) is 30.7 Å². The van der Waals surface area contributed by atoms with Crippen LogP contribution in [0.2, 0.25) is 0 Å². The average molecular weight is 391 g/mol. The zero-order chi connectivity index (χ0) is 20.2. The molecule has 1 fully saturated rings. The van der Waals surface area contributed by atoms with Crippen molar-refractivity contribution >= 4 is 28.6 Å². The molecule has 0 bridgehead atoms. The SMILES string of the molecule is CC1(c2ccc3c(c2)OCO3)NC(=O)N(CC(=O)c2c[nH]c3ccccc23)C1=O. The Balaban J connectivity index is 1.42. The number of ether oxygens (including phenoxy) is 2. The number of imide groups is 1. The van der Waals surface area contributed by atoms with Gasteiger partial charge in [0.25, 0.3) is 5.91 Å². The van der Waals surface area contributed by atoms with Gasteiger partial charge in [-0.25, -0.2) is 4.79 Å². The number of hydrogen-bond donors (Lipinski definition) is 2. The topological polar surface area (TPSA) is 101 Å². The summed E-state index contributed by atoms with van der Waals surface area (Å²) in [6, 6.07) is 11.8. The van der Waals surface area contributed by atoms with Crippen molar-refractivity contribution in [1.82, 2.24) is 15.2 Å². The van der Waals surface area contributed by atoms with Gasteiger partial charge in [-0.2, -0.15) is 0 Å². The number of Topliss-reactive ketones (excluding diaryl/α,β-unsaturated/α-hetero) is 1. The zero-order valence-electron chi connectivity index (χ0n) is 15.5. The fraction of sp³-hybridized carbons (Fsp3) is 0.190. The molecule has 0 radical (unpaired) electrons. The van der Waals surface area contributed by atoms with E-state index >= 15 is 0 Å². The second kappa shape index (κ2) is 6.10. The number of carbonyl (C=O) groups is 3. The van der Waals surface area contributed by atoms with E-state index in [1.54, 1.807) is 31.3 Å². The van der Waals surface area contributed by atoms with Crippen LogP contribution in [0.15, 0.2) is 48.7 Å². The predicted molar refractivity (Wildman–Crippen MR) is 103 cm³/mol. The summed E-state index contributed by atoms with van der Waals surface area (Å²) in [7, 11) is 0. The standard InChI is InChI=1S/C21H17N3O5/c1-21(12-6-7-17-18(8-12)29-11-28-17)19(26)24(20(27)23-21)10-16(25)14-9-22-15-5-3-2-4-13(14)15/h2-9,22H,10-11H2,1H3,(H,23,27). The molecule has 0 spiro atoms. The molecule has 2 aliphatic heterocycles. The molecule has 1 atom stereocenters. The number of hydrogen-bond acceptors (Lipinski definition) is 5. The van der Waals surface area contributed by atoms with E-state index in [1.165, 1.54) is 0 Å². The van der Waals surface area contributed by atoms with Crippen LogP contribution >= 0.6 is 0 Å². The summed E-state index contributed by atoms with van der Waals surface area (Å²) in [5.41, 5.74) is 0.525. The van der Waals surface area contributed by atoms with Crippen LogP contribution in [0.5, 0.6) is 11.5 Å². The maximum Gasteiger partial charge on any atom is 0.325 e. The maximum atomic E-state index is 13.1. The van der Waals surface area contributed by atoms with Crippen molar-refractivity contribution in [1.29, 1.82) is 0 Å². The molecule has 1 unspecified atom stereocenters. The molecule has 5 rings (SSSR count). The summed E-state index contributed by atoms with van der Waals surface area (Å²) < 4.78 is 10.7. The lowest BCUT2D eigenvalue weighted by atomic mass is 9.91. The summed E-state index contributed by atoms with van der Waals surface area (Å²) in [5.74, 6) is 0.287. The Labute approximate surface area is 165 Å². The first kappa shape index (κ1) is 17.3.